The molecule has 17 heavy (non-hydrogen) atoms. The van der Waals surface area contributed by atoms with E-state index >= 15 is 0 Å². The van der Waals surface area contributed by atoms with Crippen LogP contribution in [0.1, 0.15) is 24.8 Å². The maximum atomic E-state index is 11.8. The highest BCUT2D eigenvalue weighted by Crippen LogP contribution is 2.26. The zero-order valence-corrected chi connectivity index (χ0v) is 10.3. The van der Waals surface area contributed by atoms with Crippen LogP contribution in [0.2, 0.25) is 5.02 Å². The molecule has 1 aromatic carbocycles. The third kappa shape index (κ3) is 3.20. The summed E-state index contributed by atoms with van der Waals surface area (Å²) < 4.78 is 5.26. The predicted octanol–water partition coefficient (Wildman–Crippen LogP) is 2.51. The van der Waals surface area contributed by atoms with E-state index in [0.29, 0.717) is 5.02 Å². The van der Waals surface area contributed by atoms with Crippen molar-refractivity contribution in [1.82, 2.24) is 0 Å². The molecule has 2 rings (SSSR count). The molecule has 0 amide bonds. The van der Waals surface area contributed by atoms with Crippen molar-refractivity contribution in [2.75, 3.05) is 0 Å². The van der Waals surface area contributed by atoms with Crippen LogP contribution in [-0.4, -0.2) is 12.0 Å². The molecule has 1 aliphatic rings. The van der Waals surface area contributed by atoms with Crippen molar-refractivity contribution in [3.05, 3.63) is 34.9 Å². The van der Waals surface area contributed by atoms with Gasteiger partial charge in [-0.05, 0) is 25.3 Å². The molecule has 1 aromatic rings. The molecule has 0 radical (unpaired) electrons. The fourth-order valence-electron chi connectivity index (χ4n) is 2.11. The zero-order valence-electron chi connectivity index (χ0n) is 9.56. The Hall–Kier alpha value is -1.06. The van der Waals surface area contributed by atoms with Gasteiger partial charge in [0.2, 0.25) is 0 Å². The van der Waals surface area contributed by atoms with Gasteiger partial charge in [0.1, 0.15) is 6.61 Å². The van der Waals surface area contributed by atoms with Gasteiger partial charge in [-0.3, -0.25) is 4.79 Å². The van der Waals surface area contributed by atoms with Gasteiger partial charge < -0.3 is 10.5 Å². The molecule has 0 aliphatic heterocycles. The van der Waals surface area contributed by atoms with Crippen LogP contribution in [0.25, 0.3) is 0 Å². The molecule has 2 N–H and O–H groups in total. The van der Waals surface area contributed by atoms with Crippen molar-refractivity contribution in [3.63, 3.8) is 0 Å². The lowest BCUT2D eigenvalue weighted by molar-refractivity contribution is -0.149. The van der Waals surface area contributed by atoms with E-state index in [1.807, 2.05) is 18.2 Å². The van der Waals surface area contributed by atoms with Gasteiger partial charge in [0.25, 0.3) is 0 Å². The monoisotopic (exact) mass is 253 g/mol. The zero-order chi connectivity index (χ0) is 12.3. The van der Waals surface area contributed by atoms with E-state index < -0.39 is 0 Å². The van der Waals surface area contributed by atoms with E-state index in [0.717, 1.165) is 24.8 Å². The smallest absolute Gasteiger partial charge is 0.309 e. The molecule has 0 bridgehead atoms. The van der Waals surface area contributed by atoms with Crippen molar-refractivity contribution in [2.24, 2.45) is 11.7 Å². The lowest BCUT2D eigenvalue weighted by Crippen LogP contribution is -2.19. The van der Waals surface area contributed by atoms with Crippen LogP contribution < -0.4 is 5.73 Å². The molecule has 0 unspecified atom stereocenters. The van der Waals surface area contributed by atoms with E-state index in [-0.39, 0.29) is 24.5 Å². The summed E-state index contributed by atoms with van der Waals surface area (Å²) in [6, 6.07) is 7.52. The number of hydrogen-bond acceptors (Lipinski definition) is 3. The molecule has 0 aromatic heterocycles. The number of carbonyl (C=O) groups excluding carboxylic acids is 1. The summed E-state index contributed by atoms with van der Waals surface area (Å²) in [7, 11) is 0. The first-order chi connectivity index (χ1) is 8.16. The Kier molecular flexibility index (Phi) is 4.02. The standard InChI is InChI=1S/C13H16ClNO2/c14-12-4-2-1-3-10(12)8-17-13(16)9-5-6-11(15)7-9/h1-4,9,11H,5-8,15H2/t9-,11+/m1/s1. The van der Waals surface area contributed by atoms with Gasteiger partial charge in [-0.25, -0.2) is 0 Å². The quantitative estimate of drug-likeness (QED) is 0.842. The Morgan fingerprint density at radius 2 is 2.18 bits per heavy atom. The molecular formula is C13H16ClNO2. The predicted molar refractivity (Wildman–Crippen MR) is 66.6 cm³/mol. The fraction of sp³-hybridized carbons (Fsp3) is 0.462. The van der Waals surface area contributed by atoms with Crippen LogP contribution in [-0.2, 0) is 16.1 Å². The number of halogens is 1. The maximum absolute atomic E-state index is 11.8. The van der Waals surface area contributed by atoms with Crippen LogP contribution >= 0.6 is 11.6 Å². The molecule has 92 valence electrons. The van der Waals surface area contributed by atoms with E-state index in [2.05, 4.69) is 0 Å². The van der Waals surface area contributed by atoms with Crippen LogP contribution in [0, 0.1) is 5.92 Å². The number of ether oxygens (including phenoxy) is 1. The first kappa shape index (κ1) is 12.4. The van der Waals surface area contributed by atoms with E-state index in [1.54, 1.807) is 6.07 Å². The van der Waals surface area contributed by atoms with Gasteiger partial charge in [-0.15, -0.1) is 0 Å². The highest BCUT2D eigenvalue weighted by molar-refractivity contribution is 6.31. The number of nitrogens with two attached hydrogens (primary N) is 1. The fourth-order valence-corrected chi connectivity index (χ4v) is 2.30. The second kappa shape index (κ2) is 5.52. The van der Waals surface area contributed by atoms with Crippen molar-refractivity contribution in [1.29, 1.82) is 0 Å². The van der Waals surface area contributed by atoms with Crippen LogP contribution in [0.5, 0.6) is 0 Å². The van der Waals surface area contributed by atoms with Crippen LogP contribution in [0.3, 0.4) is 0 Å². The molecule has 1 fully saturated rings. The summed E-state index contributed by atoms with van der Waals surface area (Å²) in [5.41, 5.74) is 6.60. The number of benzene rings is 1. The molecule has 1 aliphatic carbocycles. The third-order valence-electron chi connectivity index (χ3n) is 3.13. The van der Waals surface area contributed by atoms with E-state index in [9.17, 15) is 4.79 Å². The second-order valence-electron chi connectivity index (χ2n) is 4.47. The number of hydrogen-bond donors (Lipinski definition) is 1. The Labute approximate surface area is 106 Å². The van der Waals surface area contributed by atoms with Crippen molar-refractivity contribution < 1.29 is 9.53 Å². The molecule has 1 saturated carbocycles. The summed E-state index contributed by atoms with van der Waals surface area (Å²) in [6.07, 6.45) is 2.48. The third-order valence-corrected chi connectivity index (χ3v) is 3.50. The molecule has 2 atom stereocenters. The molecular weight excluding hydrogens is 238 g/mol. The van der Waals surface area contributed by atoms with Gasteiger partial charge in [-0.2, -0.15) is 0 Å². The van der Waals surface area contributed by atoms with E-state index in [4.69, 9.17) is 22.1 Å². The van der Waals surface area contributed by atoms with Gasteiger partial charge >= 0.3 is 5.97 Å². The highest BCUT2D eigenvalue weighted by Gasteiger charge is 2.28. The number of rotatable bonds is 3. The summed E-state index contributed by atoms with van der Waals surface area (Å²) in [5, 5.41) is 0.628. The lowest BCUT2D eigenvalue weighted by atomic mass is 10.1. The first-order valence-electron chi connectivity index (χ1n) is 5.82. The average Bonchev–Trinajstić information content (AvgIpc) is 2.74. The van der Waals surface area contributed by atoms with Gasteiger partial charge in [0, 0.05) is 16.6 Å². The Bertz CT molecular complexity index is 408. The molecule has 3 nitrogen and oxygen atoms in total. The SMILES string of the molecule is N[C@H]1CC[C@@H](C(=O)OCc2ccccc2Cl)C1. The maximum Gasteiger partial charge on any atom is 0.309 e. The topological polar surface area (TPSA) is 52.3 Å². The summed E-state index contributed by atoms with van der Waals surface area (Å²) in [4.78, 5) is 11.8. The minimum atomic E-state index is -0.155. The summed E-state index contributed by atoms with van der Waals surface area (Å²) >= 11 is 5.98. The van der Waals surface area contributed by atoms with Gasteiger partial charge in [0.05, 0.1) is 5.92 Å². The van der Waals surface area contributed by atoms with E-state index in [1.165, 1.54) is 0 Å². The minimum absolute atomic E-state index is 0.0347. The van der Waals surface area contributed by atoms with Gasteiger partial charge in [-0.1, -0.05) is 29.8 Å². The highest BCUT2D eigenvalue weighted by atomic mass is 35.5. The average molecular weight is 254 g/mol. The Morgan fingerprint density at radius 1 is 1.41 bits per heavy atom. The molecule has 0 spiro atoms. The van der Waals surface area contributed by atoms with Gasteiger partial charge in [0.15, 0.2) is 0 Å². The normalized spacial score (nSPS) is 23.6. The van der Waals surface area contributed by atoms with Crippen molar-refractivity contribution >= 4 is 17.6 Å². The second-order valence-corrected chi connectivity index (χ2v) is 4.88. The Balaban J connectivity index is 1.86. The van der Waals surface area contributed by atoms with Crippen molar-refractivity contribution in [2.45, 2.75) is 31.9 Å². The molecule has 4 heteroatoms. The lowest BCUT2D eigenvalue weighted by Gasteiger charge is -2.10. The largest absolute Gasteiger partial charge is 0.461 e. The van der Waals surface area contributed by atoms with Crippen LogP contribution in [0.4, 0.5) is 0 Å². The number of carbonyl (C=O) groups is 1. The number of esters is 1. The van der Waals surface area contributed by atoms with Crippen molar-refractivity contribution in [3.8, 4) is 0 Å². The first-order valence-corrected chi connectivity index (χ1v) is 6.20. The summed E-state index contributed by atoms with van der Waals surface area (Å²) in [6.45, 7) is 0.240. The minimum Gasteiger partial charge on any atom is -0.461 e. The Morgan fingerprint density at radius 3 is 2.82 bits per heavy atom. The molecule has 0 saturated heterocycles. The summed E-state index contributed by atoms with van der Waals surface area (Å²) in [5.74, 6) is -0.189. The van der Waals surface area contributed by atoms with Crippen LogP contribution in [0.15, 0.2) is 24.3 Å². The molecule has 0 heterocycles.